The second kappa shape index (κ2) is 4.93. The van der Waals surface area contributed by atoms with E-state index in [0.29, 0.717) is 11.6 Å². The van der Waals surface area contributed by atoms with Crippen LogP contribution < -0.4 is 15.8 Å². The molecule has 0 aromatic heterocycles. The highest BCUT2D eigenvalue weighted by molar-refractivity contribution is 7.89. The zero-order chi connectivity index (χ0) is 15.1. The minimum absolute atomic E-state index is 0.0757. The van der Waals surface area contributed by atoms with Crippen LogP contribution >= 0.6 is 0 Å². The van der Waals surface area contributed by atoms with Gasteiger partial charge in [-0.1, -0.05) is 20.8 Å². The van der Waals surface area contributed by atoms with Crippen LogP contribution in [-0.2, 0) is 10.0 Å². The predicted molar refractivity (Wildman–Crippen MR) is 82.0 cm³/mol. The van der Waals surface area contributed by atoms with E-state index in [1.807, 2.05) is 0 Å². The Morgan fingerprint density at radius 2 is 1.90 bits per heavy atom. The van der Waals surface area contributed by atoms with Gasteiger partial charge >= 0.3 is 0 Å². The second-order valence-electron chi connectivity index (χ2n) is 6.60. The van der Waals surface area contributed by atoms with Gasteiger partial charge in [0.2, 0.25) is 10.0 Å². The van der Waals surface area contributed by atoms with Gasteiger partial charge in [0.15, 0.2) is 0 Å². The Bertz CT molecular complexity index is 605. The Hall–Kier alpha value is -1.27. The van der Waals surface area contributed by atoms with Crippen LogP contribution in [0.3, 0.4) is 0 Å². The van der Waals surface area contributed by atoms with Gasteiger partial charge in [-0.05, 0) is 36.0 Å². The number of hydrogen-bond acceptors (Lipinski definition) is 4. The molecule has 1 aromatic carbocycles. The van der Waals surface area contributed by atoms with E-state index in [-0.39, 0.29) is 10.3 Å². The molecule has 20 heavy (non-hydrogen) atoms. The lowest BCUT2D eigenvalue weighted by molar-refractivity contribution is 0.263. The van der Waals surface area contributed by atoms with Crippen molar-refractivity contribution in [2.24, 2.45) is 16.5 Å². The number of primary sulfonamides is 1. The Kier molecular flexibility index (Phi) is 3.73. The van der Waals surface area contributed by atoms with Crippen LogP contribution in [0.5, 0.6) is 0 Å². The number of anilines is 2. The zero-order valence-electron chi connectivity index (χ0n) is 12.3. The largest absolute Gasteiger partial charge is 0.399 e. The second-order valence-corrected chi connectivity index (χ2v) is 8.16. The average Bonchev–Trinajstić information content (AvgIpc) is 2.75. The Morgan fingerprint density at radius 3 is 2.40 bits per heavy atom. The Morgan fingerprint density at radius 1 is 1.25 bits per heavy atom. The van der Waals surface area contributed by atoms with Crippen molar-refractivity contribution in [2.75, 3.05) is 23.7 Å². The van der Waals surface area contributed by atoms with Gasteiger partial charge in [0.1, 0.15) is 0 Å². The summed E-state index contributed by atoms with van der Waals surface area (Å²) in [6, 6.07) is 4.81. The molecule has 6 heteroatoms. The molecule has 1 fully saturated rings. The number of nitrogen functional groups attached to an aromatic ring is 1. The van der Waals surface area contributed by atoms with E-state index >= 15 is 0 Å². The SMILES string of the molecule is CC(C)(C)C1CCN(c2cc(N)cc(S(N)(=O)=O)c2)C1. The van der Waals surface area contributed by atoms with Crippen LogP contribution in [0.4, 0.5) is 11.4 Å². The fraction of sp³-hybridized carbons (Fsp3) is 0.571. The van der Waals surface area contributed by atoms with Gasteiger partial charge in [-0.2, -0.15) is 0 Å². The highest BCUT2D eigenvalue weighted by Crippen LogP contribution is 2.36. The first-order chi connectivity index (χ1) is 9.07. The summed E-state index contributed by atoms with van der Waals surface area (Å²) in [7, 11) is -3.73. The maximum absolute atomic E-state index is 11.5. The molecule has 0 bridgehead atoms. The molecular weight excluding hydrogens is 274 g/mol. The Labute approximate surface area is 121 Å². The molecule has 0 radical (unpaired) electrons. The number of hydrogen-bond donors (Lipinski definition) is 2. The minimum atomic E-state index is -3.73. The van der Waals surface area contributed by atoms with Gasteiger partial charge in [0.05, 0.1) is 4.90 Å². The van der Waals surface area contributed by atoms with E-state index in [4.69, 9.17) is 10.9 Å². The summed E-state index contributed by atoms with van der Waals surface area (Å²) < 4.78 is 23.0. The quantitative estimate of drug-likeness (QED) is 0.814. The van der Waals surface area contributed by atoms with E-state index in [2.05, 4.69) is 25.7 Å². The highest BCUT2D eigenvalue weighted by atomic mass is 32.2. The summed E-state index contributed by atoms with van der Waals surface area (Å²) in [5, 5.41) is 5.19. The van der Waals surface area contributed by atoms with Gasteiger partial charge in [-0.15, -0.1) is 0 Å². The molecule has 0 amide bonds. The summed E-state index contributed by atoms with van der Waals surface area (Å²) >= 11 is 0. The van der Waals surface area contributed by atoms with Crippen LogP contribution in [0.1, 0.15) is 27.2 Å². The van der Waals surface area contributed by atoms with E-state index in [1.54, 1.807) is 12.1 Å². The Balaban J connectivity index is 2.29. The fourth-order valence-electron chi connectivity index (χ4n) is 2.65. The predicted octanol–water partition coefficient (Wildman–Crippen LogP) is 1.79. The maximum Gasteiger partial charge on any atom is 0.238 e. The molecule has 1 saturated heterocycles. The molecule has 1 unspecified atom stereocenters. The first kappa shape index (κ1) is 15.1. The normalized spacial score (nSPS) is 20.4. The van der Waals surface area contributed by atoms with Gasteiger partial charge < -0.3 is 10.6 Å². The molecule has 0 aliphatic carbocycles. The molecule has 5 nitrogen and oxygen atoms in total. The summed E-state index contributed by atoms with van der Waals surface area (Å²) in [5.74, 6) is 0.585. The summed E-state index contributed by atoms with van der Waals surface area (Å²) in [6.07, 6.45) is 1.10. The molecule has 1 heterocycles. The molecule has 1 aliphatic rings. The van der Waals surface area contributed by atoms with Crippen molar-refractivity contribution in [3.8, 4) is 0 Å². The molecule has 2 rings (SSSR count). The molecule has 1 aromatic rings. The van der Waals surface area contributed by atoms with Crippen molar-refractivity contribution < 1.29 is 8.42 Å². The molecule has 0 spiro atoms. The molecule has 4 N–H and O–H groups in total. The van der Waals surface area contributed by atoms with Gasteiger partial charge in [-0.25, -0.2) is 13.6 Å². The van der Waals surface area contributed by atoms with Crippen molar-refractivity contribution in [3.63, 3.8) is 0 Å². The van der Waals surface area contributed by atoms with Crippen molar-refractivity contribution in [1.82, 2.24) is 0 Å². The van der Waals surface area contributed by atoms with Crippen LogP contribution in [0, 0.1) is 11.3 Å². The smallest absolute Gasteiger partial charge is 0.238 e. The minimum Gasteiger partial charge on any atom is -0.399 e. The van der Waals surface area contributed by atoms with E-state index in [9.17, 15) is 8.42 Å². The molecule has 112 valence electrons. The van der Waals surface area contributed by atoms with E-state index in [1.165, 1.54) is 6.07 Å². The maximum atomic E-state index is 11.5. The van der Waals surface area contributed by atoms with Crippen molar-refractivity contribution in [1.29, 1.82) is 0 Å². The topological polar surface area (TPSA) is 89.4 Å². The lowest BCUT2D eigenvalue weighted by Crippen LogP contribution is -2.26. The van der Waals surface area contributed by atoms with Crippen LogP contribution in [0.2, 0.25) is 0 Å². The average molecular weight is 297 g/mol. The highest BCUT2D eigenvalue weighted by Gasteiger charge is 2.32. The third-order valence-electron chi connectivity index (χ3n) is 4.02. The van der Waals surface area contributed by atoms with Gasteiger partial charge in [0, 0.05) is 24.5 Å². The number of nitrogens with two attached hydrogens (primary N) is 2. The van der Waals surface area contributed by atoms with Crippen molar-refractivity contribution >= 4 is 21.4 Å². The van der Waals surface area contributed by atoms with E-state index < -0.39 is 10.0 Å². The number of benzene rings is 1. The molecule has 1 aliphatic heterocycles. The number of sulfonamides is 1. The van der Waals surface area contributed by atoms with Gasteiger partial charge in [0.25, 0.3) is 0 Å². The van der Waals surface area contributed by atoms with Crippen molar-refractivity contribution in [3.05, 3.63) is 18.2 Å². The van der Waals surface area contributed by atoms with E-state index in [0.717, 1.165) is 25.2 Å². The summed E-state index contributed by atoms with van der Waals surface area (Å²) in [4.78, 5) is 2.26. The number of rotatable bonds is 2. The number of nitrogens with zero attached hydrogens (tertiary/aromatic N) is 1. The molecular formula is C14H23N3O2S. The third-order valence-corrected chi connectivity index (χ3v) is 4.91. The first-order valence-electron chi connectivity index (χ1n) is 6.76. The fourth-order valence-corrected chi connectivity index (χ4v) is 3.24. The lowest BCUT2D eigenvalue weighted by Gasteiger charge is -2.27. The van der Waals surface area contributed by atoms with Gasteiger partial charge in [-0.3, -0.25) is 0 Å². The summed E-state index contributed by atoms with van der Waals surface area (Å²) in [6.45, 7) is 8.52. The lowest BCUT2D eigenvalue weighted by atomic mass is 9.80. The van der Waals surface area contributed by atoms with Crippen LogP contribution in [0.25, 0.3) is 0 Å². The molecule has 1 atom stereocenters. The standard InChI is InChI=1S/C14H23N3O2S/c1-14(2,3)10-4-5-17(9-10)12-6-11(15)7-13(8-12)20(16,18)19/h6-8,10H,4-5,9,15H2,1-3H3,(H2,16,18,19). The first-order valence-corrected chi connectivity index (χ1v) is 8.30. The monoisotopic (exact) mass is 297 g/mol. The zero-order valence-corrected chi connectivity index (χ0v) is 13.1. The van der Waals surface area contributed by atoms with Crippen LogP contribution in [-0.4, -0.2) is 21.5 Å². The third kappa shape index (κ3) is 3.24. The molecule has 0 saturated carbocycles. The van der Waals surface area contributed by atoms with Crippen molar-refractivity contribution in [2.45, 2.75) is 32.1 Å². The van der Waals surface area contributed by atoms with Crippen LogP contribution in [0.15, 0.2) is 23.1 Å². The summed E-state index contributed by atoms with van der Waals surface area (Å²) in [5.41, 5.74) is 7.30.